The van der Waals surface area contributed by atoms with Crippen molar-refractivity contribution in [1.29, 1.82) is 0 Å². The van der Waals surface area contributed by atoms with Crippen molar-refractivity contribution in [2.24, 2.45) is 0 Å². The fraction of sp³-hybridized carbons (Fsp3) is 1.00. The van der Waals surface area contributed by atoms with Crippen LogP contribution in [-0.2, 0) is 0 Å². The van der Waals surface area contributed by atoms with E-state index in [1.165, 1.54) is 12.1 Å². The van der Waals surface area contributed by atoms with Crippen molar-refractivity contribution in [3.8, 4) is 0 Å². The molecular weight excluding hydrogens is 465 g/mol. The van der Waals surface area contributed by atoms with Gasteiger partial charge in [0.15, 0.2) is 0 Å². The number of rotatable bonds is 9. The molecule has 170 valence electrons. The Bertz CT molecular complexity index is 507. The van der Waals surface area contributed by atoms with E-state index >= 15 is 0 Å². The Labute approximate surface area is 187 Å². The van der Waals surface area contributed by atoms with Crippen molar-refractivity contribution in [2.75, 3.05) is 0 Å². The normalized spacial score (nSPS) is 16.5. The summed E-state index contributed by atoms with van der Waals surface area (Å²) in [5.41, 5.74) is 0. The molecule has 0 fully saturated rings. The average molecular weight is 523 g/mol. The zero-order chi connectivity index (χ0) is 23.4. The molecule has 0 bridgehead atoms. The molecule has 0 atom stereocenters. The first kappa shape index (κ1) is 29.7. The molecule has 0 rings (SSSR count). The third-order valence-corrected chi connectivity index (χ3v) is 188. The summed E-state index contributed by atoms with van der Waals surface area (Å²) in [6, 6.07) is 3.01. The van der Waals surface area contributed by atoms with Crippen LogP contribution in [0.15, 0.2) is 0 Å². The van der Waals surface area contributed by atoms with Crippen LogP contribution < -0.4 is 0 Å². The quantitative estimate of drug-likeness (QED) is 0.267. The van der Waals surface area contributed by atoms with Crippen molar-refractivity contribution < 1.29 is 0 Å². The van der Waals surface area contributed by atoms with Gasteiger partial charge in [-0.05, 0) is 0 Å². The number of hydrogen-bond donors (Lipinski definition) is 0. The SMILES string of the molecule is CC[Si](C)(C)[Si](C)(C)[Si](C)(C)[Si](C)(C)[Si](C)(C)[Si](C)(C)[Si](C)(C)[Si](C)(C)CC. The van der Waals surface area contributed by atoms with Crippen LogP contribution in [0.4, 0.5) is 0 Å². The molecule has 0 heterocycles. The van der Waals surface area contributed by atoms with Gasteiger partial charge in [-0.15, -0.1) is 0 Å². The fourth-order valence-electron chi connectivity index (χ4n) is 5.70. The van der Waals surface area contributed by atoms with E-state index < -0.39 is 57.8 Å². The second-order valence-corrected chi connectivity index (χ2v) is 105. The minimum atomic E-state index is -1.26. The summed E-state index contributed by atoms with van der Waals surface area (Å²) >= 11 is 0. The maximum Gasteiger partial charge on any atom is 0.0381 e. The summed E-state index contributed by atoms with van der Waals surface area (Å²) in [5, 5.41) is 0. The molecule has 0 aliphatic carbocycles. The van der Waals surface area contributed by atoms with Gasteiger partial charge in [-0.2, -0.15) is 0 Å². The Morgan fingerprint density at radius 1 is 0.286 bits per heavy atom. The van der Waals surface area contributed by atoms with E-state index in [4.69, 9.17) is 0 Å². The maximum absolute atomic E-state index is 2.94. The molecular formula is C20H58Si8. The Kier molecular flexibility index (Phi) is 8.77. The van der Waals surface area contributed by atoms with Crippen LogP contribution in [0.2, 0.25) is 117 Å². The van der Waals surface area contributed by atoms with Crippen LogP contribution in [-0.4, -0.2) is 57.8 Å². The molecule has 0 aliphatic rings. The fourth-order valence-corrected chi connectivity index (χ4v) is 240. The van der Waals surface area contributed by atoms with E-state index in [0.29, 0.717) is 0 Å². The van der Waals surface area contributed by atoms with Gasteiger partial charge in [0.25, 0.3) is 0 Å². The molecule has 0 aromatic carbocycles. The molecule has 28 heavy (non-hydrogen) atoms. The molecule has 0 spiro atoms. The minimum Gasteiger partial charge on any atom is -0.0735 e. The predicted octanol–water partition coefficient (Wildman–Crippen LogP) is 8.24. The topological polar surface area (TPSA) is 0 Å². The van der Waals surface area contributed by atoms with E-state index in [1.807, 2.05) is 0 Å². The van der Waals surface area contributed by atoms with E-state index in [0.717, 1.165) is 0 Å². The van der Waals surface area contributed by atoms with E-state index in [1.54, 1.807) is 0 Å². The highest BCUT2D eigenvalue weighted by Gasteiger charge is 2.69. The van der Waals surface area contributed by atoms with Crippen LogP contribution in [0.5, 0.6) is 0 Å². The highest BCUT2D eigenvalue weighted by molar-refractivity contribution is 8.03. The van der Waals surface area contributed by atoms with Crippen molar-refractivity contribution in [3.63, 3.8) is 0 Å². The molecule has 0 saturated carbocycles. The second-order valence-electron chi connectivity index (χ2n) is 14.2. The summed E-state index contributed by atoms with van der Waals surface area (Å²) in [6.07, 6.45) is 0. The van der Waals surface area contributed by atoms with Gasteiger partial charge in [-0.1, -0.05) is 131 Å². The van der Waals surface area contributed by atoms with Crippen molar-refractivity contribution in [1.82, 2.24) is 0 Å². The Morgan fingerprint density at radius 3 is 0.571 bits per heavy atom. The van der Waals surface area contributed by atoms with Crippen LogP contribution in [0, 0.1) is 0 Å². The predicted molar refractivity (Wildman–Crippen MR) is 161 cm³/mol. The first-order valence-corrected chi connectivity index (χ1v) is 43.3. The highest BCUT2D eigenvalue weighted by Crippen LogP contribution is 2.46. The monoisotopic (exact) mass is 522 g/mol. The molecule has 0 N–H and O–H groups in total. The lowest BCUT2D eigenvalue weighted by molar-refractivity contribution is 1.39. The first-order chi connectivity index (χ1) is 11.9. The molecule has 0 unspecified atom stereocenters. The number of hydrogen-bond acceptors (Lipinski definition) is 0. The Morgan fingerprint density at radius 2 is 0.429 bits per heavy atom. The van der Waals surface area contributed by atoms with Gasteiger partial charge in [0.05, 0.1) is 0 Å². The summed E-state index contributed by atoms with van der Waals surface area (Å²) in [4.78, 5) is 0. The lowest BCUT2D eigenvalue weighted by Crippen LogP contribution is -2.92. The summed E-state index contributed by atoms with van der Waals surface area (Å²) in [7, 11) is -9.51. The van der Waals surface area contributed by atoms with Crippen LogP contribution in [0.3, 0.4) is 0 Å². The smallest absolute Gasteiger partial charge is 0.0381 e. The molecule has 0 saturated heterocycles. The largest absolute Gasteiger partial charge is 0.0735 e. The van der Waals surface area contributed by atoms with E-state index in [-0.39, 0.29) is 0 Å². The van der Waals surface area contributed by atoms with Crippen LogP contribution in [0.1, 0.15) is 13.8 Å². The van der Waals surface area contributed by atoms with Gasteiger partial charge < -0.3 is 0 Å². The van der Waals surface area contributed by atoms with Gasteiger partial charge in [-0.3, -0.25) is 0 Å². The van der Waals surface area contributed by atoms with Crippen molar-refractivity contribution >= 4 is 57.8 Å². The van der Waals surface area contributed by atoms with Gasteiger partial charge in [-0.25, -0.2) is 0 Å². The zero-order valence-electron chi connectivity index (χ0n) is 23.4. The van der Waals surface area contributed by atoms with Gasteiger partial charge in [0.1, 0.15) is 0 Å². The molecule has 8 heteroatoms. The summed E-state index contributed by atoms with van der Waals surface area (Å²) in [6.45, 7) is 51.1. The van der Waals surface area contributed by atoms with E-state index in [9.17, 15) is 0 Å². The molecule has 0 aromatic heterocycles. The van der Waals surface area contributed by atoms with Gasteiger partial charge in [0.2, 0.25) is 0 Å². The first-order valence-electron chi connectivity index (χ1n) is 11.9. The van der Waals surface area contributed by atoms with Crippen molar-refractivity contribution in [3.05, 3.63) is 0 Å². The zero-order valence-corrected chi connectivity index (χ0v) is 31.4. The summed E-state index contributed by atoms with van der Waals surface area (Å²) in [5.74, 6) is 0. The molecule has 0 aromatic rings. The van der Waals surface area contributed by atoms with Crippen LogP contribution in [0.25, 0.3) is 0 Å². The van der Waals surface area contributed by atoms with Crippen LogP contribution >= 0.6 is 0 Å². The second kappa shape index (κ2) is 8.26. The van der Waals surface area contributed by atoms with Gasteiger partial charge in [0, 0.05) is 57.8 Å². The Hall–Kier alpha value is 1.74. The molecule has 0 nitrogen and oxygen atoms in total. The highest BCUT2D eigenvalue weighted by atomic mass is 30.1. The molecule has 0 aliphatic heterocycles. The summed E-state index contributed by atoms with van der Waals surface area (Å²) < 4.78 is 0. The Balaban J connectivity index is 6.69. The maximum atomic E-state index is 2.94. The minimum absolute atomic E-state index is 1.08. The lowest BCUT2D eigenvalue weighted by Gasteiger charge is -2.65. The average Bonchev–Trinajstić information content (AvgIpc) is 2.53. The van der Waals surface area contributed by atoms with Gasteiger partial charge >= 0.3 is 0 Å². The molecule has 0 amide bonds. The van der Waals surface area contributed by atoms with E-state index in [2.05, 4.69) is 119 Å². The molecule has 0 radical (unpaired) electrons. The van der Waals surface area contributed by atoms with Crippen molar-refractivity contribution in [2.45, 2.75) is 131 Å². The standard InChI is InChI=1S/C20H58Si8/c1-19-21(3,4)23(7,8)25(11,12)27(15,16)28(17,18)26(13,14)24(9,10)22(5,6)20-2/h19-20H2,1-18H3. The lowest BCUT2D eigenvalue weighted by atomic mass is 11.0. The third-order valence-electron chi connectivity index (χ3n) is 13.0. The third kappa shape index (κ3) is 3.96.